The average Bonchev–Trinajstić information content (AvgIpc) is 3.22. The molecule has 1 amide bonds. The molecule has 0 spiro atoms. The molecule has 0 aliphatic heterocycles. The summed E-state index contributed by atoms with van der Waals surface area (Å²) in [6, 6.07) is 7.45. The fourth-order valence-corrected chi connectivity index (χ4v) is 4.24. The molecule has 0 aliphatic rings. The van der Waals surface area contributed by atoms with Crippen molar-refractivity contribution in [3.05, 3.63) is 47.4 Å². The molecule has 0 saturated carbocycles. The summed E-state index contributed by atoms with van der Waals surface area (Å²) in [6.45, 7) is 1.99. The van der Waals surface area contributed by atoms with E-state index in [9.17, 15) is 4.79 Å². The van der Waals surface area contributed by atoms with Crippen LogP contribution in [0, 0.1) is 6.92 Å². The standard InChI is InChI=1S/C16H11N3O2S2/c1-9-17-11-5-6-12-15(14(11)22-9)23-16(18-12)19-13(20)7-4-10-3-2-8-21-10/h2-8H,1H3,(H,18,19,20). The number of fused-ring (bicyclic) bond motifs is 3. The highest BCUT2D eigenvalue weighted by atomic mass is 32.1. The van der Waals surface area contributed by atoms with Crippen molar-refractivity contribution in [2.75, 3.05) is 5.32 Å². The number of rotatable bonds is 3. The lowest BCUT2D eigenvalue weighted by molar-refractivity contribution is -0.111. The van der Waals surface area contributed by atoms with Crippen LogP contribution in [0.4, 0.5) is 5.13 Å². The lowest BCUT2D eigenvalue weighted by Gasteiger charge is -1.94. The van der Waals surface area contributed by atoms with E-state index in [1.54, 1.807) is 35.8 Å². The molecular formula is C16H11N3O2S2. The normalized spacial score (nSPS) is 11.7. The molecule has 0 bridgehead atoms. The van der Waals surface area contributed by atoms with Crippen molar-refractivity contribution in [3.63, 3.8) is 0 Å². The monoisotopic (exact) mass is 341 g/mol. The zero-order valence-corrected chi connectivity index (χ0v) is 13.7. The molecule has 23 heavy (non-hydrogen) atoms. The van der Waals surface area contributed by atoms with Crippen LogP contribution < -0.4 is 5.32 Å². The Morgan fingerprint density at radius 1 is 1.17 bits per heavy atom. The average molecular weight is 341 g/mol. The molecule has 0 atom stereocenters. The molecule has 0 fully saturated rings. The summed E-state index contributed by atoms with van der Waals surface area (Å²) in [5.41, 5.74) is 1.84. The molecule has 5 nitrogen and oxygen atoms in total. The van der Waals surface area contributed by atoms with E-state index in [2.05, 4.69) is 15.3 Å². The molecule has 4 aromatic rings. The van der Waals surface area contributed by atoms with Crippen LogP contribution in [0.25, 0.3) is 26.5 Å². The minimum atomic E-state index is -0.239. The molecule has 0 unspecified atom stereocenters. The number of furan rings is 1. The topological polar surface area (TPSA) is 68.0 Å². The second-order valence-electron chi connectivity index (χ2n) is 4.85. The predicted octanol–water partition coefficient (Wildman–Crippen LogP) is 4.46. The Kier molecular flexibility index (Phi) is 3.44. The highest BCUT2D eigenvalue weighted by molar-refractivity contribution is 7.28. The van der Waals surface area contributed by atoms with Crippen molar-refractivity contribution in [2.24, 2.45) is 0 Å². The molecule has 1 N–H and O–H groups in total. The smallest absolute Gasteiger partial charge is 0.250 e. The lowest BCUT2D eigenvalue weighted by Crippen LogP contribution is -2.07. The molecule has 0 radical (unpaired) electrons. The largest absolute Gasteiger partial charge is 0.465 e. The third-order valence-corrected chi connectivity index (χ3v) is 5.33. The summed E-state index contributed by atoms with van der Waals surface area (Å²) >= 11 is 3.10. The first kappa shape index (κ1) is 14.1. The maximum absolute atomic E-state index is 12.0. The van der Waals surface area contributed by atoms with Gasteiger partial charge < -0.3 is 4.42 Å². The molecular weight excluding hydrogens is 330 g/mol. The third-order valence-electron chi connectivity index (χ3n) is 3.19. The van der Waals surface area contributed by atoms with E-state index in [4.69, 9.17) is 4.42 Å². The Morgan fingerprint density at radius 2 is 1.96 bits per heavy atom. The van der Waals surface area contributed by atoms with Crippen LogP contribution in [0.1, 0.15) is 10.8 Å². The summed E-state index contributed by atoms with van der Waals surface area (Å²) in [6.07, 6.45) is 4.61. The van der Waals surface area contributed by atoms with Crippen LogP contribution in [0.15, 0.2) is 41.0 Å². The molecule has 0 saturated heterocycles. The number of aromatic nitrogens is 2. The van der Waals surface area contributed by atoms with Crippen LogP contribution in [-0.4, -0.2) is 15.9 Å². The number of thiazole rings is 2. The van der Waals surface area contributed by atoms with Gasteiger partial charge in [-0.1, -0.05) is 11.3 Å². The van der Waals surface area contributed by atoms with E-state index in [1.807, 2.05) is 19.1 Å². The first-order valence-electron chi connectivity index (χ1n) is 6.88. The zero-order valence-electron chi connectivity index (χ0n) is 12.1. The SMILES string of the molecule is Cc1nc2ccc3nc(NC(=O)C=Cc4ccco4)sc3c2s1. The Morgan fingerprint density at radius 3 is 2.74 bits per heavy atom. The molecule has 4 rings (SSSR count). The van der Waals surface area contributed by atoms with Crippen LogP contribution in [0.2, 0.25) is 0 Å². The van der Waals surface area contributed by atoms with E-state index in [0.717, 1.165) is 25.4 Å². The minimum absolute atomic E-state index is 0.239. The number of carbonyl (C=O) groups is 1. The first-order chi connectivity index (χ1) is 11.2. The summed E-state index contributed by atoms with van der Waals surface area (Å²) in [7, 11) is 0. The summed E-state index contributed by atoms with van der Waals surface area (Å²) < 4.78 is 7.32. The van der Waals surface area contributed by atoms with Gasteiger partial charge in [-0.25, -0.2) is 9.97 Å². The van der Waals surface area contributed by atoms with Crippen LogP contribution in [0.5, 0.6) is 0 Å². The van der Waals surface area contributed by atoms with E-state index in [0.29, 0.717) is 10.9 Å². The third kappa shape index (κ3) is 2.76. The molecule has 0 aliphatic carbocycles. The highest BCUT2D eigenvalue weighted by Crippen LogP contribution is 2.35. The van der Waals surface area contributed by atoms with Crippen LogP contribution in [-0.2, 0) is 4.79 Å². The number of benzene rings is 1. The van der Waals surface area contributed by atoms with Crippen molar-refractivity contribution < 1.29 is 9.21 Å². The number of amides is 1. The maximum Gasteiger partial charge on any atom is 0.250 e. The van der Waals surface area contributed by atoms with Gasteiger partial charge in [0.1, 0.15) is 5.76 Å². The van der Waals surface area contributed by atoms with Gasteiger partial charge in [0.25, 0.3) is 0 Å². The van der Waals surface area contributed by atoms with E-state index >= 15 is 0 Å². The summed E-state index contributed by atoms with van der Waals surface area (Å²) in [5.74, 6) is 0.392. The molecule has 3 heterocycles. The molecule has 7 heteroatoms. The number of hydrogen-bond acceptors (Lipinski definition) is 6. The quantitative estimate of drug-likeness (QED) is 0.559. The van der Waals surface area contributed by atoms with Gasteiger partial charge >= 0.3 is 0 Å². The first-order valence-corrected chi connectivity index (χ1v) is 8.51. The minimum Gasteiger partial charge on any atom is -0.465 e. The van der Waals surface area contributed by atoms with E-state index in [-0.39, 0.29) is 5.91 Å². The zero-order chi connectivity index (χ0) is 15.8. The Labute approximate surface area is 139 Å². The van der Waals surface area contributed by atoms with Gasteiger partial charge in [-0.3, -0.25) is 10.1 Å². The summed E-state index contributed by atoms with van der Waals surface area (Å²) in [4.78, 5) is 20.9. The van der Waals surface area contributed by atoms with Gasteiger partial charge in [-0.05, 0) is 37.3 Å². The number of hydrogen-bond donors (Lipinski definition) is 1. The van der Waals surface area contributed by atoms with Gasteiger partial charge in [0.2, 0.25) is 5.91 Å². The number of anilines is 1. The Balaban J connectivity index is 1.61. The van der Waals surface area contributed by atoms with E-state index < -0.39 is 0 Å². The maximum atomic E-state index is 12.0. The molecule has 114 valence electrons. The van der Waals surface area contributed by atoms with E-state index in [1.165, 1.54) is 17.4 Å². The number of carbonyl (C=O) groups excluding carboxylic acids is 1. The lowest BCUT2D eigenvalue weighted by atomic mass is 10.3. The molecule has 1 aromatic carbocycles. The summed E-state index contributed by atoms with van der Waals surface area (Å²) in [5, 5.41) is 4.39. The van der Waals surface area contributed by atoms with Gasteiger partial charge in [0, 0.05) is 6.08 Å². The second-order valence-corrected chi connectivity index (χ2v) is 7.05. The highest BCUT2D eigenvalue weighted by Gasteiger charge is 2.11. The van der Waals surface area contributed by atoms with Crippen molar-refractivity contribution in [1.29, 1.82) is 0 Å². The fourth-order valence-electron chi connectivity index (χ4n) is 2.23. The number of nitrogens with one attached hydrogen (secondary N) is 1. The Hall–Kier alpha value is -2.51. The Bertz CT molecular complexity index is 1030. The van der Waals surface area contributed by atoms with Crippen molar-refractivity contribution in [2.45, 2.75) is 6.92 Å². The van der Waals surface area contributed by atoms with Gasteiger partial charge in [0.15, 0.2) is 5.13 Å². The molecule has 3 aromatic heterocycles. The second kappa shape index (κ2) is 5.60. The van der Waals surface area contributed by atoms with Gasteiger partial charge in [0.05, 0.1) is 31.7 Å². The number of nitrogens with zero attached hydrogens (tertiary/aromatic N) is 2. The van der Waals surface area contributed by atoms with Gasteiger partial charge in [-0.15, -0.1) is 11.3 Å². The van der Waals surface area contributed by atoms with Crippen molar-refractivity contribution in [1.82, 2.24) is 9.97 Å². The van der Waals surface area contributed by atoms with Gasteiger partial charge in [-0.2, -0.15) is 0 Å². The number of aryl methyl sites for hydroxylation is 1. The fraction of sp³-hybridized carbons (Fsp3) is 0.0625. The predicted molar refractivity (Wildman–Crippen MR) is 93.9 cm³/mol. The van der Waals surface area contributed by atoms with Crippen molar-refractivity contribution in [3.8, 4) is 0 Å². The van der Waals surface area contributed by atoms with Crippen molar-refractivity contribution >= 4 is 60.2 Å². The van der Waals surface area contributed by atoms with Crippen LogP contribution in [0.3, 0.4) is 0 Å². The van der Waals surface area contributed by atoms with Crippen LogP contribution >= 0.6 is 22.7 Å².